The van der Waals surface area contributed by atoms with E-state index in [4.69, 9.17) is 10.5 Å². The lowest BCUT2D eigenvalue weighted by Crippen LogP contribution is -2.17. The van der Waals surface area contributed by atoms with Crippen molar-refractivity contribution in [2.24, 2.45) is 5.73 Å². The van der Waals surface area contributed by atoms with E-state index >= 15 is 0 Å². The molecule has 0 unspecified atom stereocenters. The first kappa shape index (κ1) is 11.6. The molecular formula is C9H10F3NO2. The Morgan fingerprint density at radius 2 is 2.00 bits per heavy atom. The van der Waals surface area contributed by atoms with Crippen LogP contribution in [-0.4, -0.2) is 13.5 Å². The van der Waals surface area contributed by atoms with Crippen LogP contribution in [0.4, 0.5) is 13.2 Å². The summed E-state index contributed by atoms with van der Waals surface area (Å²) < 4.78 is 44.2. The smallest absolute Gasteiger partial charge is 0.496 e. The minimum atomic E-state index is -4.70. The van der Waals surface area contributed by atoms with Gasteiger partial charge < -0.3 is 15.2 Å². The van der Waals surface area contributed by atoms with E-state index in [1.807, 2.05) is 0 Å². The number of halogens is 3. The molecule has 0 aromatic heterocycles. The highest BCUT2D eigenvalue weighted by Crippen LogP contribution is 2.28. The fourth-order valence-electron chi connectivity index (χ4n) is 1.09. The minimum Gasteiger partial charge on any atom is -0.496 e. The number of nitrogens with two attached hydrogens (primary N) is 1. The number of alkyl halides is 3. The van der Waals surface area contributed by atoms with Gasteiger partial charge in [-0.2, -0.15) is 0 Å². The third kappa shape index (κ3) is 3.32. The Labute approximate surface area is 84.6 Å². The Morgan fingerprint density at radius 3 is 2.47 bits per heavy atom. The van der Waals surface area contributed by atoms with Gasteiger partial charge in [-0.05, 0) is 6.07 Å². The first-order valence-corrected chi connectivity index (χ1v) is 4.09. The second-order valence-electron chi connectivity index (χ2n) is 2.73. The molecular weight excluding hydrogens is 211 g/mol. The van der Waals surface area contributed by atoms with E-state index in [-0.39, 0.29) is 18.0 Å². The quantitative estimate of drug-likeness (QED) is 0.849. The van der Waals surface area contributed by atoms with Crippen molar-refractivity contribution in [1.29, 1.82) is 0 Å². The summed E-state index contributed by atoms with van der Waals surface area (Å²) in [5, 5.41) is 0. The zero-order chi connectivity index (χ0) is 11.5. The minimum absolute atomic E-state index is 0.190. The molecule has 0 radical (unpaired) electrons. The molecule has 0 amide bonds. The first-order valence-electron chi connectivity index (χ1n) is 4.09. The van der Waals surface area contributed by atoms with Crippen LogP contribution < -0.4 is 15.2 Å². The van der Waals surface area contributed by atoms with Crippen LogP contribution in [0.3, 0.4) is 0 Å². The molecule has 2 N–H and O–H groups in total. The molecule has 1 aromatic carbocycles. The number of methoxy groups -OCH3 is 1. The molecule has 0 saturated heterocycles. The van der Waals surface area contributed by atoms with Crippen molar-refractivity contribution in [3.8, 4) is 11.5 Å². The van der Waals surface area contributed by atoms with Gasteiger partial charge in [0.25, 0.3) is 0 Å². The van der Waals surface area contributed by atoms with Crippen molar-refractivity contribution < 1.29 is 22.6 Å². The lowest BCUT2D eigenvalue weighted by atomic mass is 10.2. The van der Waals surface area contributed by atoms with Gasteiger partial charge in [-0.15, -0.1) is 13.2 Å². The molecule has 0 saturated carbocycles. The molecule has 84 valence electrons. The number of rotatable bonds is 3. The Bertz CT molecular complexity index is 339. The van der Waals surface area contributed by atoms with Gasteiger partial charge in [0.15, 0.2) is 0 Å². The van der Waals surface area contributed by atoms with Crippen LogP contribution in [0.1, 0.15) is 5.56 Å². The highest BCUT2D eigenvalue weighted by Gasteiger charge is 2.31. The van der Waals surface area contributed by atoms with Gasteiger partial charge in [0.1, 0.15) is 11.5 Å². The Balaban J connectivity index is 2.93. The molecule has 0 bridgehead atoms. The fourth-order valence-corrected chi connectivity index (χ4v) is 1.09. The van der Waals surface area contributed by atoms with Crippen molar-refractivity contribution in [2.75, 3.05) is 7.11 Å². The van der Waals surface area contributed by atoms with Crippen LogP contribution in [0.15, 0.2) is 18.2 Å². The summed E-state index contributed by atoms with van der Waals surface area (Å²) in [4.78, 5) is 0. The van der Waals surface area contributed by atoms with Gasteiger partial charge in [-0.25, -0.2) is 0 Å². The van der Waals surface area contributed by atoms with E-state index in [0.717, 1.165) is 6.07 Å². The van der Waals surface area contributed by atoms with Crippen molar-refractivity contribution in [3.63, 3.8) is 0 Å². The van der Waals surface area contributed by atoms with Crippen LogP contribution in [0.5, 0.6) is 11.5 Å². The molecule has 3 nitrogen and oxygen atoms in total. The molecule has 0 spiro atoms. The van der Waals surface area contributed by atoms with E-state index in [0.29, 0.717) is 5.56 Å². The highest BCUT2D eigenvalue weighted by molar-refractivity contribution is 5.40. The normalized spacial score (nSPS) is 11.3. The number of benzene rings is 1. The molecule has 1 rings (SSSR count). The summed E-state index contributed by atoms with van der Waals surface area (Å²) in [6, 6.07) is 3.77. The van der Waals surface area contributed by atoms with Crippen LogP contribution in [0, 0.1) is 0 Å². The number of hydrogen-bond acceptors (Lipinski definition) is 3. The maximum Gasteiger partial charge on any atom is 0.573 e. The topological polar surface area (TPSA) is 44.5 Å². The summed E-state index contributed by atoms with van der Waals surface area (Å²) >= 11 is 0. The van der Waals surface area contributed by atoms with Crippen LogP contribution in [0.2, 0.25) is 0 Å². The van der Waals surface area contributed by atoms with Gasteiger partial charge in [0, 0.05) is 18.2 Å². The number of hydrogen-bond donors (Lipinski definition) is 1. The summed E-state index contributed by atoms with van der Waals surface area (Å²) in [6.07, 6.45) is -4.70. The van der Waals surface area contributed by atoms with Crippen molar-refractivity contribution >= 4 is 0 Å². The molecule has 0 atom stereocenters. The first-order chi connectivity index (χ1) is 6.96. The third-order valence-electron chi connectivity index (χ3n) is 1.71. The Kier molecular flexibility index (Phi) is 3.41. The maximum absolute atomic E-state index is 11.9. The second-order valence-corrected chi connectivity index (χ2v) is 2.73. The molecule has 6 heteroatoms. The summed E-state index contributed by atoms with van der Waals surface area (Å²) in [5.74, 6) is -0.0456. The van der Waals surface area contributed by atoms with Crippen molar-refractivity contribution in [1.82, 2.24) is 0 Å². The Morgan fingerprint density at radius 1 is 1.33 bits per heavy atom. The molecule has 0 fully saturated rings. The largest absolute Gasteiger partial charge is 0.573 e. The average Bonchev–Trinajstić information content (AvgIpc) is 2.15. The van der Waals surface area contributed by atoms with Crippen LogP contribution >= 0.6 is 0 Å². The molecule has 0 aliphatic carbocycles. The van der Waals surface area contributed by atoms with E-state index in [2.05, 4.69) is 4.74 Å². The molecule has 0 aliphatic rings. The van der Waals surface area contributed by atoms with Gasteiger partial charge in [-0.3, -0.25) is 0 Å². The second kappa shape index (κ2) is 4.39. The monoisotopic (exact) mass is 221 g/mol. The predicted molar refractivity (Wildman–Crippen MR) is 47.6 cm³/mol. The Hall–Kier alpha value is -1.43. The fraction of sp³-hybridized carbons (Fsp3) is 0.333. The molecule has 0 heterocycles. The molecule has 15 heavy (non-hydrogen) atoms. The molecule has 0 aliphatic heterocycles. The standard InChI is InChI=1S/C9H10F3NO2/c1-14-8-4-7(15-9(10,11)12)3-2-6(8)5-13/h2-4H,5,13H2,1H3. The lowest BCUT2D eigenvalue weighted by molar-refractivity contribution is -0.274. The highest BCUT2D eigenvalue weighted by atomic mass is 19.4. The molecule has 1 aromatic rings. The van der Waals surface area contributed by atoms with Crippen molar-refractivity contribution in [3.05, 3.63) is 23.8 Å². The van der Waals surface area contributed by atoms with Crippen molar-refractivity contribution in [2.45, 2.75) is 12.9 Å². The van der Waals surface area contributed by atoms with E-state index in [1.165, 1.54) is 19.2 Å². The van der Waals surface area contributed by atoms with E-state index in [9.17, 15) is 13.2 Å². The van der Waals surface area contributed by atoms with E-state index < -0.39 is 6.36 Å². The van der Waals surface area contributed by atoms with Gasteiger partial charge in [-0.1, -0.05) is 6.07 Å². The zero-order valence-electron chi connectivity index (χ0n) is 7.97. The predicted octanol–water partition coefficient (Wildman–Crippen LogP) is 2.05. The maximum atomic E-state index is 11.9. The lowest BCUT2D eigenvalue weighted by Gasteiger charge is -2.11. The summed E-state index contributed by atoms with van der Waals surface area (Å²) in [5.41, 5.74) is 5.98. The summed E-state index contributed by atoms with van der Waals surface area (Å²) in [6.45, 7) is 0.190. The van der Waals surface area contributed by atoms with Crippen LogP contribution in [-0.2, 0) is 6.54 Å². The van der Waals surface area contributed by atoms with Gasteiger partial charge in [0.05, 0.1) is 7.11 Å². The number of ether oxygens (including phenoxy) is 2. The third-order valence-corrected chi connectivity index (χ3v) is 1.71. The van der Waals surface area contributed by atoms with E-state index in [1.54, 1.807) is 0 Å². The van der Waals surface area contributed by atoms with Gasteiger partial charge in [0.2, 0.25) is 0 Å². The summed E-state index contributed by atoms with van der Waals surface area (Å²) in [7, 11) is 1.35. The van der Waals surface area contributed by atoms with Gasteiger partial charge >= 0.3 is 6.36 Å². The average molecular weight is 221 g/mol. The van der Waals surface area contributed by atoms with Crippen LogP contribution in [0.25, 0.3) is 0 Å². The zero-order valence-corrected chi connectivity index (χ0v) is 7.97. The SMILES string of the molecule is COc1cc(OC(F)(F)F)ccc1CN.